The van der Waals surface area contributed by atoms with Crippen LogP contribution in [0.15, 0.2) is 77.4 Å². The first-order valence-electron chi connectivity index (χ1n) is 8.98. The van der Waals surface area contributed by atoms with E-state index in [2.05, 4.69) is 10.6 Å². The molecular formula is C22H14F4N2O3. The molecule has 2 amide bonds. The Labute approximate surface area is 173 Å². The summed E-state index contributed by atoms with van der Waals surface area (Å²) in [6, 6.07) is 14.4. The zero-order valence-electron chi connectivity index (χ0n) is 15.7. The van der Waals surface area contributed by atoms with Crippen LogP contribution in [0.4, 0.5) is 33.7 Å². The number of hydrogen-bond acceptors (Lipinski definition) is 3. The van der Waals surface area contributed by atoms with Crippen LogP contribution in [0, 0.1) is 5.82 Å². The molecule has 0 radical (unpaired) electrons. The van der Waals surface area contributed by atoms with Crippen molar-refractivity contribution < 1.29 is 31.5 Å². The van der Waals surface area contributed by atoms with Crippen LogP contribution < -0.4 is 15.4 Å². The van der Waals surface area contributed by atoms with Crippen molar-refractivity contribution in [2.75, 3.05) is 10.6 Å². The number of carbonyl (C=O) groups is 1. The van der Waals surface area contributed by atoms with Gasteiger partial charge in [0.2, 0.25) is 0 Å². The quantitative estimate of drug-likeness (QED) is 0.342. The van der Waals surface area contributed by atoms with Crippen LogP contribution in [0.5, 0.6) is 11.5 Å². The van der Waals surface area contributed by atoms with Gasteiger partial charge in [0.1, 0.15) is 11.6 Å². The number of furan rings is 1. The van der Waals surface area contributed by atoms with Crippen molar-refractivity contribution in [3.8, 4) is 11.5 Å². The number of anilines is 2. The molecule has 2 N–H and O–H groups in total. The van der Waals surface area contributed by atoms with Gasteiger partial charge in [-0.2, -0.15) is 13.2 Å². The van der Waals surface area contributed by atoms with E-state index in [0.29, 0.717) is 41.0 Å². The normalized spacial score (nSPS) is 11.4. The second-order valence-electron chi connectivity index (χ2n) is 6.49. The van der Waals surface area contributed by atoms with Gasteiger partial charge in [0.25, 0.3) is 0 Å². The van der Waals surface area contributed by atoms with Crippen LogP contribution in [-0.4, -0.2) is 6.03 Å². The van der Waals surface area contributed by atoms with E-state index >= 15 is 0 Å². The third-order valence-electron chi connectivity index (χ3n) is 4.32. The first-order chi connectivity index (χ1) is 14.8. The molecule has 0 aliphatic heterocycles. The number of rotatable bonds is 4. The lowest BCUT2D eigenvalue weighted by molar-refractivity contribution is -0.137. The number of nitrogens with one attached hydrogen (secondary N) is 2. The van der Waals surface area contributed by atoms with E-state index in [-0.39, 0.29) is 0 Å². The summed E-state index contributed by atoms with van der Waals surface area (Å²) in [4.78, 5) is 12.1. The standard InChI is InChI=1S/C22H14F4N2O3/c23-17-9-4-14(22(24,25)26)12-18(17)28-21(29)27-15-5-7-16(8-6-15)31-19-3-1-2-13-10-11-30-20(13)19/h1-12H,(H2,27,28,29). The van der Waals surface area contributed by atoms with Crippen LogP contribution in [0.3, 0.4) is 0 Å². The van der Waals surface area contributed by atoms with Crippen LogP contribution in [0.2, 0.25) is 0 Å². The van der Waals surface area contributed by atoms with Crippen molar-refractivity contribution in [1.82, 2.24) is 0 Å². The lowest BCUT2D eigenvalue weighted by Crippen LogP contribution is -2.20. The average Bonchev–Trinajstić information content (AvgIpc) is 3.20. The zero-order chi connectivity index (χ0) is 22.0. The Morgan fingerprint density at radius 2 is 1.71 bits per heavy atom. The molecule has 0 fully saturated rings. The van der Waals surface area contributed by atoms with Crippen molar-refractivity contribution in [2.45, 2.75) is 6.18 Å². The van der Waals surface area contributed by atoms with E-state index in [0.717, 1.165) is 5.39 Å². The molecule has 0 spiro atoms. The third kappa shape index (κ3) is 4.61. The molecule has 158 valence electrons. The van der Waals surface area contributed by atoms with Gasteiger partial charge in [0, 0.05) is 11.1 Å². The maximum absolute atomic E-state index is 13.8. The smallest absolute Gasteiger partial charge is 0.416 e. The Kier molecular flexibility index (Phi) is 5.24. The van der Waals surface area contributed by atoms with Gasteiger partial charge >= 0.3 is 12.2 Å². The Balaban J connectivity index is 1.42. The summed E-state index contributed by atoms with van der Waals surface area (Å²) in [7, 11) is 0. The molecule has 0 aliphatic rings. The van der Waals surface area contributed by atoms with Gasteiger partial charge in [0.05, 0.1) is 17.5 Å². The van der Waals surface area contributed by atoms with E-state index in [1.165, 1.54) is 12.1 Å². The molecule has 1 aromatic heterocycles. The van der Waals surface area contributed by atoms with Gasteiger partial charge in [-0.3, -0.25) is 0 Å². The predicted molar refractivity (Wildman–Crippen MR) is 107 cm³/mol. The number of amides is 2. The number of urea groups is 1. The minimum absolute atomic E-state index is 0.327. The molecule has 0 unspecified atom stereocenters. The highest BCUT2D eigenvalue weighted by Crippen LogP contribution is 2.32. The second kappa shape index (κ2) is 8.02. The molecule has 0 saturated carbocycles. The summed E-state index contributed by atoms with van der Waals surface area (Å²) >= 11 is 0. The van der Waals surface area contributed by atoms with Crippen LogP contribution in [0.25, 0.3) is 11.0 Å². The first-order valence-corrected chi connectivity index (χ1v) is 8.98. The van der Waals surface area contributed by atoms with Crippen molar-refractivity contribution in [2.24, 2.45) is 0 Å². The molecule has 5 nitrogen and oxygen atoms in total. The number of halogens is 4. The van der Waals surface area contributed by atoms with Crippen LogP contribution >= 0.6 is 0 Å². The Morgan fingerprint density at radius 3 is 2.45 bits per heavy atom. The van der Waals surface area contributed by atoms with Gasteiger partial charge in [-0.25, -0.2) is 9.18 Å². The molecule has 1 heterocycles. The topological polar surface area (TPSA) is 63.5 Å². The molecule has 3 aromatic carbocycles. The lowest BCUT2D eigenvalue weighted by atomic mass is 10.2. The van der Waals surface area contributed by atoms with Crippen molar-refractivity contribution >= 4 is 28.4 Å². The fourth-order valence-corrected chi connectivity index (χ4v) is 2.86. The minimum atomic E-state index is -4.66. The van der Waals surface area contributed by atoms with Gasteiger partial charge in [-0.1, -0.05) is 12.1 Å². The van der Waals surface area contributed by atoms with Gasteiger partial charge in [-0.15, -0.1) is 0 Å². The molecule has 0 aliphatic carbocycles. The minimum Gasteiger partial charge on any atom is -0.460 e. The SMILES string of the molecule is O=C(Nc1ccc(Oc2cccc3ccoc23)cc1)Nc1cc(C(F)(F)F)ccc1F. The van der Waals surface area contributed by atoms with Crippen LogP contribution in [-0.2, 0) is 6.18 Å². The van der Waals surface area contributed by atoms with E-state index in [1.807, 2.05) is 12.1 Å². The van der Waals surface area contributed by atoms with Gasteiger partial charge in [-0.05, 0) is 54.6 Å². The maximum atomic E-state index is 13.8. The highest BCUT2D eigenvalue weighted by atomic mass is 19.4. The fraction of sp³-hybridized carbons (Fsp3) is 0.0455. The van der Waals surface area contributed by atoms with Crippen molar-refractivity contribution in [3.05, 3.63) is 84.4 Å². The number of hydrogen-bond donors (Lipinski definition) is 2. The molecule has 31 heavy (non-hydrogen) atoms. The van der Waals surface area contributed by atoms with Gasteiger partial charge < -0.3 is 19.8 Å². The summed E-state index contributed by atoms with van der Waals surface area (Å²) in [6.07, 6.45) is -3.10. The monoisotopic (exact) mass is 430 g/mol. The summed E-state index contributed by atoms with van der Waals surface area (Å²) in [5.74, 6) is -0.00115. The number of para-hydroxylation sites is 1. The van der Waals surface area contributed by atoms with Crippen molar-refractivity contribution in [1.29, 1.82) is 0 Å². The number of carbonyl (C=O) groups excluding carboxylic acids is 1. The average molecular weight is 430 g/mol. The molecule has 4 aromatic rings. The molecule has 4 rings (SSSR count). The zero-order valence-corrected chi connectivity index (χ0v) is 15.7. The highest BCUT2D eigenvalue weighted by molar-refractivity contribution is 5.99. The highest BCUT2D eigenvalue weighted by Gasteiger charge is 2.31. The number of benzene rings is 3. The molecule has 0 saturated heterocycles. The number of ether oxygens (including phenoxy) is 1. The summed E-state index contributed by atoms with van der Waals surface area (Å²) < 4.78 is 63.3. The van der Waals surface area contributed by atoms with E-state index < -0.39 is 29.3 Å². The van der Waals surface area contributed by atoms with E-state index in [9.17, 15) is 22.4 Å². The van der Waals surface area contributed by atoms with E-state index in [4.69, 9.17) is 9.15 Å². The summed E-state index contributed by atoms with van der Waals surface area (Å²) in [5, 5.41) is 5.38. The number of fused-ring (bicyclic) bond motifs is 1. The predicted octanol–water partition coefficient (Wildman–Crippen LogP) is 7.03. The first kappa shape index (κ1) is 20.3. The van der Waals surface area contributed by atoms with Crippen molar-refractivity contribution in [3.63, 3.8) is 0 Å². The largest absolute Gasteiger partial charge is 0.460 e. The van der Waals surface area contributed by atoms with Gasteiger partial charge in [0.15, 0.2) is 11.3 Å². The third-order valence-corrected chi connectivity index (χ3v) is 4.32. The summed E-state index contributed by atoms with van der Waals surface area (Å²) in [6.45, 7) is 0. The van der Waals surface area contributed by atoms with Crippen LogP contribution in [0.1, 0.15) is 5.56 Å². The fourth-order valence-electron chi connectivity index (χ4n) is 2.86. The van der Waals surface area contributed by atoms with E-state index in [1.54, 1.807) is 30.5 Å². The molecule has 0 bridgehead atoms. The number of alkyl halides is 3. The lowest BCUT2D eigenvalue weighted by Gasteiger charge is -2.12. The molecule has 0 atom stereocenters. The maximum Gasteiger partial charge on any atom is 0.416 e. The molecular weight excluding hydrogens is 416 g/mol. The summed E-state index contributed by atoms with van der Waals surface area (Å²) in [5.41, 5.74) is -0.739. The Bertz CT molecular complexity index is 1230. The Hall–Kier alpha value is -4.01. The Morgan fingerprint density at radius 1 is 0.935 bits per heavy atom. The molecule has 9 heteroatoms. The second-order valence-corrected chi connectivity index (χ2v) is 6.49.